The molecule has 0 saturated heterocycles. The third-order valence-corrected chi connectivity index (χ3v) is 3.55. The van der Waals surface area contributed by atoms with Gasteiger partial charge in [0.15, 0.2) is 0 Å². The van der Waals surface area contributed by atoms with Gasteiger partial charge in [0.2, 0.25) is 0 Å². The highest BCUT2D eigenvalue weighted by atomic mass is 16.3. The van der Waals surface area contributed by atoms with Crippen LogP contribution in [-0.2, 0) is 6.54 Å². The van der Waals surface area contributed by atoms with Gasteiger partial charge in [-0.05, 0) is 17.9 Å². The summed E-state index contributed by atoms with van der Waals surface area (Å²) in [5, 5.41) is 4.69. The number of rotatable bonds is 5. The van der Waals surface area contributed by atoms with Crippen molar-refractivity contribution in [3.63, 3.8) is 0 Å². The fraction of sp³-hybridized carbons (Fsp3) is 0.500. The van der Waals surface area contributed by atoms with E-state index in [1.807, 2.05) is 6.26 Å². The first-order valence-electron chi connectivity index (χ1n) is 6.85. The predicted octanol–water partition coefficient (Wildman–Crippen LogP) is 4.44. The molecule has 1 unspecified atom stereocenters. The molecule has 2 rings (SSSR count). The molecule has 2 heteroatoms. The van der Waals surface area contributed by atoms with Gasteiger partial charge in [-0.25, -0.2) is 0 Å². The maximum atomic E-state index is 5.80. The Balaban J connectivity index is 2.36. The fourth-order valence-corrected chi connectivity index (χ4v) is 2.19. The normalized spacial score (nSPS) is 13.4. The van der Waals surface area contributed by atoms with E-state index < -0.39 is 0 Å². The van der Waals surface area contributed by atoms with Crippen molar-refractivity contribution in [1.82, 2.24) is 5.32 Å². The van der Waals surface area contributed by atoms with E-state index in [4.69, 9.17) is 4.42 Å². The Morgan fingerprint density at radius 1 is 1.22 bits per heavy atom. The van der Waals surface area contributed by atoms with Gasteiger partial charge in [-0.2, -0.15) is 0 Å². The molecule has 0 aliphatic heterocycles. The maximum absolute atomic E-state index is 5.80. The molecule has 0 spiro atoms. The third-order valence-electron chi connectivity index (χ3n) is 3.55. The number of nitrogens with one attached hydrogen (secondary N) is 1. The van der Waals surface area contributed by atoms with Crippen molar-refractivity contribution in [2.24, 2.45) is 0 Å². The molecule has 0 radical (unpaired) electrons. The average molecular weight is 245 g/mol. The van der Waals surface area contributed by atoms with Gasteiger partial charge in [0.25, 0.3) is 0 Å². The number of fused-ring (bicyclic) bond motifs is 1. The Bertz CT molecular complexity index is 513. The van der Waals surface area contributed by atoms with Crippen LogP contribution in [0.5, 0.6) is 0 Å². The Kier molecular flexibility index (Phi) is 4.07. The van der Waals surface area contributed by atoms with Gasteiger partial charge >= 0.3 is 0 Å². The standard InChI is InChI=1S/C16H23NO/c1-5-12(4)14-7-6-8-15-13(9-17-11(2)3)10-18-16(14)15/h6-8,10-12,17H,5,9H2,1-4H3. The summed E-state index contributed by atoms with van der Waals surface area (Å²) in [5.74, 6) is 0.547. The second-order valence-electron chi connectivity index (χ2n) is 5.33. The summed E-state index contributed by atoms with van der Waals surface area (Å²) in [5.41, 5.74) is 3.64. The summed E-state index contributed by atoms with van der Waals surface area (Å²) in [4.78, 5) is 0. The second-order valence-corrected chi connectivity index (χ2v) is 5.33. The van der Waals surface area contributed by atoms with Gasteiger partial charge in [0, 0.05) is 23.5 Å². The molecule has 0 amide bonds. The predicted molar refractivity (Wildman–Crippen MR) is 76.9 cm³/mol. The molecule has 1 aromatic heterocycles. The minimum atomic E-state index is 0.493. The topological polar surface area (TPSA) is 25.2 Å². The minimum absolute atomic E-state index is 0.493. The summed E-state index contributed by atoms with van der Waals surface area (Å²) in [6.45, 7) is 9.66. The van der Waals surface area contributed by atoms with Crippen molar-refractivity contribution in [2.75, 3.05) is 0 Å². The zero-order chi connectivity index (χ0) is 13.1. The number of hydrogen-bond acceptors (Lipinski definition) is 2. The van der Waals surface area contributed by atoms with E-state index in [-0.39, 0.29) is 0 Å². The van der Waals surface area contributed by atoms with Crippen LogP contribution >= 0.6 is 0 Å². The highest BCUT2D eigenvalue weighted by Crippen LogP contribution is 2.30. The van der Waals surface area contributed by atoms with Gasteiger partial charge in [-0.3, -0.25) is 0 Å². The zero-order valence-electron chi connectivity index (χ0n) is 11.8. The summed E-state index contributed by atoms with van der Waals surface area (Å²) >= 11 is 0. The molecule has 0 saturated carbocycles. The molecule has 2 nitrogen and oxygen atoms in total. The van der Waals surface area contributed by atoms with E-state index >= 15 is 0 Å². The van der Waals surface area contributed by atoms with E-state index in [0.717, 1.165) is 18.5 Å². The number of hydrogen-bond donors (Lipinski definition) is 1. The molecule has 98 valence electrons. The van der Waals surface area contributed by atoms with Crippen LogP contribution in [0.1, 0.15) is 51.2 Å². The molecule has 18 heavy (non-hydrogen) atoms. The van der Waals surface area contributed by atoms with Gasteiger partial charge < -0.3 is 9.73 Å². The van der Waals surface area contributed by atoms with Crippen molar-refractivity contribution >= 4 is 11.0 Å². The fourth-order valence-electron chi connectivity index (χ4n) is 2.19. The smallest absolute Gasteiger partial charge is 0.137 e. The molecule has 1 N–H and O–H groups in total. The number of para-hydroxylation sites is 1. The van der Waals surface area contributed by atoms with Crippen molar-refractivity contribution in [3.8, 4) is 0 Å². The van der Waals surface area contributed by atoms with E-state index in [2.05, 4.69) is 51.2 Å². The molecule has 2 aromatic rings. The molecule has 0 fully saturated rings. The Morgan fingerprint density at radius 2 is 2.00 bits per heavy atom. The molecule has 1 atom stereocenters. The number of benzene rings is 1. The Morgan fingerprint density at radius 3 is 2.67 bits per heavy atom. The first-order valence-corrected chi connectivity index (χ1v) is 6.85. The molecule has 1 aromatic carbocycles. The van der Waals surface area contributed by atoms with Crippen molar-refractivity contribution in [1.29, 1.82) is 0 Å². The third kappa shape index (κ3) is 2.59. The summed E-state index contributed by atoms with van der Waals surface area (Å²) in [7, 11) is 0. The van der Waals surface area contributed by atoms with Gasteiger partial charge in [-0.1, -0.05) is 45.9 Å². The quantitative estimate of drug-likeness (QED) is 0.842. The van der Waals surface area contributed by atoms with Crippen LogP contribution in [0.2, 0.25) is 0 Å². The van der Waals surface area contributed by atoms with E-state index in [0.29, 0.717) is 12.0 Å². The van der Waals surface area contributed by atoms with Crippen LogP contribution in [0.3, 0.4) is 0 Å². The second kappa shape index (κ2) is 5.57. The van der Waals surface area contributed by atoms with Crippen molar-refractivity contribution < 1.29 is 4.42 Å². The highest BCUT2D eigenvalue weighted by Gasteiger charge is 2.13. The Labute approximate surface area is 109 Å². The minimum Gasteiger partial charge on any atom is -0.464 e. The van der Waals surface area contributed by atoms with Crippen molar-refractivity contribution in [3.05, 3.63) is 35.6 Å². The van der Waals surface area contributed by atoms with Crippen molar-refractivity contribution in [2.45, 2.75) is 52.6 Å². The van der Waals surface area contributed by atoms with Crippen LogP contribution in [0, 0.1) is 0 Å². The lowest BCUT2D eigenvalue weighted by Crippen LogP contribution is -2.21. The molecule has 0 aliphatic carbocycles. The largest absolute Gasteiger partial charge is 0.464 e. The molecule has 0 bridgehead atoms. The zero-order valence-corrected chi connectivity index (χ0v) is 11.8. The lowest BCUT2D eigenvalue weighted by atomic mass is 9.96. The maximum Gasteiger partial charge on any atom is 0.137 e. The van der Waals surface area contributed by atoms with Gasteiger partial charge in [0.1, 0.15) is 5.58 Å². The SMILES string of the molecule is CCC(C)c1cccc2c(CNC(C)C)coc12. The summed E-state index contributed by atoms with van der Waals surface area (Å²) in [6, 6.07) is 6.97. The molecular weight excluding hydrogens is 222 g/mol. The van der Waals surface area contributed by atoms with E-state index in [1.165, 1.54) is 16.5 Å². The lowest BCUT2D eigenvalue weighted by molar-refractivity contribution is 0.569. The monoisotopic (exact) mass is 245 g/mol. The first-order chi connectivity index (χ1) is 8.63. The van der Waals surface area contributed by atoms with E-state index in [1.54, 1.807) is 0 Å². The summed E-state index contributed by atoms with van der Waals surface area (Å²) < 4.78 is 5.80. The van der Waals surface area contributed by atoms with Crippen LogP contribution in [0.4, 0.5) is 0 Å². The van der Waals surface area contributed by atoms with Crippen LogP contribution in [0.15, 0.2) is 28.9 Å². The van der Waals surface area contributed by atoms with Gasteiger partial charge in [0.05, 0.1) is 6.26 Å². The van der Waals surface area contributed by atoms with Crippen LogP contribution in [-0.4, -0.2) is 6.04 Å². The first kappa shape index (κ1) is 13.2. The molecular formula is C16H23NO. The molecule has 1 heterocycles. The number of furan rings is 1. The Hall–Kier alpha value is -1.28. The highest BCUT2D eigenvalue weighted by molar-refractivity contribution is 5.84. The van der Waals surface area contributed by atoms with Crippen LogP contribution < -0.4 is 5.32 Å². The van der Waals surface area contributed by atoms with Gasteiger partial charge in [-0.15, -0.1) is 0 Å². The van der Waals surface area contributed by atoms with E-state index in [9.17, 15) is 0 Å². The lowest BCUT2D eigenvalue weighted by Gasteiger charge is -2.09. The average Bonchev–Trinajstić information content (AvgIpc) is 2.78. The summed E-state index contributed by atoms with van der Waals surface area (Å²) in [6.07, 6.45) is 3.03. The van der Waals surface area contributed by atoms with Crippen LogP contribution in [0.25, 0.3) is 11.0 Å². The molecule has 0 aliphatic rings.